The average Bonchev–Trinajstić information content (AvgIpc) is 2.93. The molecule has 0 amide bonds. The van der Waals surface area contributed by atoms with E-state index in [4.69, 9.17) is 9.47 Å². The number of ether oxygens (including phenoxy) is 2. The standard InChI is InChI=1S/C33H30FO3S/c1-33(2,24-23-26-15-17-27(34)18-16-26)37-32(35)14-9-25-36-28-19-21-31(22-20-28)38(29-10-5-3-6-11-29)30-12-7-4-8-13-30/h3-8,10-13,15-22H,9,14,25H2,1-2H3/q+1. The number of carbonyl (C=O) groups is 1. The molecule has 0 fully saturated rings. The highest BCUT2D eigenvalue weighted by Crippen LogP contribution is 2.31. The second-order valence-electron chi connectivity index (χ2n) is 9.10. The van der Waals surface area contributed by atoms with Gasteiger partial charge in [0.25, 0.3) is 0 Å². The monoisotopic (exact) mass is 525 g/mol. The van der Waals surface area contributed by atoms with Gasteiger partial charge in [0.05, 0.1) is 17.5 Å². The summed E-state index contributed by atoms with van der Waals surface area (Å²) in [5.74, 6) is 5.96. The van der Waals surface area contributed by atoms with Crippen LogP contribution in [0.15, 0.2) is 124 Å². The Hall–Kier alpha value is -4.01. The molecule has 0 N–H and O–H groups in total. The van der Waals surface area contributed by atoms with Gasteiger partial charge in [-0.2, -0.15) is 0 Å². The van der Waals surface area contributed by atoms with Gasteiger partial charge in [0.15, 0.2) is 20.3 Å². The molecule has 0 radical (unpaired) electrons. The topological polar surface area (TPSA) is 35.5 Å². The Balaban J connectivity index is 1.28. The van der Waals surface area contributed by atoms with E-state index in [1.807, 2.05) is 24.3 Å². The minimum absolute atomic E-state index is 0.206. The lowest BCUT2D eigenvalue weighted by Gasteiger charge is -2.18. The van der Waals surface area contributed by atoms with Gasteiger partial charge in [-0.05, 0) is 93.1 Å². The van der Waals surface area contributed by atoms with Crippen molar-refractivity contribution in [1.82, 2.24) is 0 Å². The molecule has 4 aromatic carbocycles. The second kappa shape index (κ2) is 13.0. The van der Waals surface area contributed by atoms with Crippen LogP contribution in [0.5, 0.6) is 5.75 Å². The number of halogens is 1. The number of hydrogen-bond donors (Lipinski definition) is 0. The van der Waals surface area contributed by atoms with Gasteiger partial charge in [-0.25, -0.2) is 4.39 Å². The highest BCUT2D eigenvalue weighted by Gasteiger charge is 2.28. The maximum Gasteiger partial charge on any atom is 0.307 e. The quantitative estimate of drug-likeness (QED) is 0.0985. The van der Waals surface area contributed by atoms with Crippen LogP contribution in [0.3, 0.4) is 0 Å². The lowest BCUT2D eigenvalue weighted by Crippen LogP contribution is -2.26. The van der Waals surface area contributed by atoms with Crippen molar-refractivity contribution in [3.8, 4) is 17.6 Å². The zero-order chi connectivity index (χ0) is 26.8. The Morgan fingerprint density at radius 2 is 1.34 bits per heavy atom. The van der Waals surface area contributed by atoms with E-state index in [1.165, 1.54) is 26.8 Å². The number of rotatable bonds is 9. The molecule has 0 unspecified atom stereocenters. The van der Waals surface area contributed by atoms with Crippen molar-refractivity contribution in [2.45, 2.75) is 47.0 Å². The van der Waals surface area contributed by atoms with Crippen LogP contribution in [0.4, 0.5) is 4.39 Å². The van der Waals surface area contributed by atoms with E-state index >= 15 is 0 Å². The first kappa shape index (κ1) is 27.0. The van der Waals surface area contributed by atoms with Gasteiger partial charge in [0, 0.05) is 12.0 Å². The summed E-state index contributed by atoms with van der Waals surface area (Å²) in [7, 11) is -0.206. The summed E-state index contributed by atoms with van der Waals surface area (Å²) in [4.78, 5) is 16.1. The maximum atomic E-state index is 13.0. The largest absolute Gasteiger partial charge is 0.494 e. The van der Waals surface area contributed by atoms with Crippen LogP contribution in [0.2, 0.25) is 0 Å². The summed E-state index contributed by atoms with van der Waals surface area (Å²) >= 11 is 0. The van der Waals surface area contributed by atoms with Crippen LogP contribution in [-0.4, -0.2) is 18.2 Å². The zero-order valence-electron chi connectivity index (χ0n) is 21.5. The van der Waals surface area contributed by atoms with Gasteiger partial charge in [0.1, 0.15) is 11.6 Å². The summed E-state index contributed by atoms with van der Waals surface area (Å²) in [6.45, 7) is 3.87. The molecule has 0 aliphatic heterocycles. The molecule has 0 atom stereocenters. The third-order valence-corrected chi connectivity index (χ3v) is 7.76. The van der Waals surface area contributed by atoms with Crippen LogP contribution in [0.1, 0.15) is 32.3 Å². The molecule has 5 heteroatoms. The number of benzene rings is 4. The predicted octanol–water partition coefficient (Wildman–Crippen LogP) is 7.45. The average molecular weight is 526 g/mol. The normalized spacial score (nSPS) is 10.9. The van der Waals surface area contributed by atoms with E-state index in [0.717, 1.165) is 5.75 Å². The Kier molecular flexibility index (Phi) is 9.24. The molecule has 4 aromatic rings. The minimum atomic E-state index is -0.947. The number of carbonyl (C=O) groups excluding carboxylic acids is 1. The zero-order valence-corrected chi connectivity index (χ0v) is 22.3. The van der Waals surface area contributed by atoms with E-state index in [1.54, 1.807) is 26.0 Å². The molecule has 0 bridgehead atoms. The van der Waals surface area contributed by atoms with Gasteiger partial charge < -0.3 is 9.47 Å². The summed E-state index contributed by atoms with van der Waals surface area (Å²) in [5, 5.41) is 0. The fraction of sp³-hybridized carbons (Fsp3) is 0.182. The van der Waals surface area contributed by atoms with E-state index in [-0.39, 0.29) is 29.1 Å². The minimum Gasteiger partial charge on any atom is -0.494 e. The van der Waals surface area contributed by atoms with Crippen LogP contribution in [0, 0.1) is 17.7 Å². The van der Waals surface area contributed by atoms with Gasteiger partial charge in [0.2, 0.25) is 0 Å². The van der Waals surface area contributed by atoms with Crippen molar-refractivity contribution in [3.05, 3.63) is 121 Å². The molecule has 0 heterocycles. The van der Waals surface area contributed by atoms with Gasteiger partial charge in [-0.15, -0.1) is 0 Å². The van der Waals surface area contributed by atoms with E-state index in [2.05, 4.69) is 72.5 Å². The van der Waals surface area contributed by atoms with E-state index < -0.39 is 5.60 Å². The third-order valence-electron chi connectivity index (χ3n) is 5.53. The molecule has 0 saturated heterocycles. The highest BCUT2D eigenvalue weighted by molar-refractivity contribution is 7.97. The molecule has 0 aliphatic carbocycles. The predicted molar refractivity (Wildman–Crippen MR) is 150 cm³/mol. The molecule has 0 spiro atoms. The third kappa shape index (κ3) is 7.99. The van der Waals surface area contributed by atoms with Crippen LogP contribution in [-0.2, 0) is 20.4 Å². The first-order chi connectivity index (χ1) is 18.4. The second-order valence-corrected chi connectivity index (χ2v) is 11.1. The molecular formula is C33H30FO3S+. The van der Waals surface area contributed by atoms with Crippen molar-refractivity contribution in [2.24, 2.45) is 0 Å². The summed E-state index contributed by atoms with van der Waals surface area (Å²) in [6, 6.07) is 35.0. The molecule has 0 saturated carbocycles. The first-order valence-corrected chi connectivity index (χ1v) is 13.7. The van der Waals surface area contributed by atoms with Crippen LogP contribution >= 0.6 is 0 Å². The fourth-order valence-corrected chi connectivity index (χ4v) is 5.80. The SMILES string of the molecule is CC(C)(C#Cc1ccc(F)cc1)OC(=O)CCCOc1ccc([S+](c2ccccc2)c2ccccc2)cc1. The lowest BCUT2D eigenvalue weighted by molar-refractivity contribution is -0.152. The Morgan fingerprint density at radius 3 is 1.92 bits per heavy atom. The molecule has 38 heavy (non-hydrogen) atoms. The van der Waals surface area contributed by atoms with Crippen molar-refractivity contribution >= 4 is 16.9 Å². The fourth-order valence-electron chi connectivity index (χ4n) is 3.72. The van der Waals surface area contributed by atoms with Gasteiger partial charge in [-0.1, -0.05) is 48.2 Å². The highest BCUT2D eigenvalue weighted by atomic mass is 32.2. The number of esters is 1. The smallest absolute Gasteiger partial charge is 0.307 e. The molecule has 3 nitrogen and oxygen atoms in total. The Morgan fingerprint density at radius 1 is 0.789 bits per heavy atom. The first-order valence-electron chi connectivity index (χ1n) is 12.5. The summed E-state index contributed by atoms with van der Waals surface area (Å²) < 4.78 is 24.4. The Labute approximate surface area is 227 Å². The maximum absolute atomic E-state index is 13.0. The molecule has 0 aliphatic rings. The van der Waals surface area contributed by atoms with Crippen LogP contribution in [0.25, 0.3) is 0 Å². The van der Waals surface area contributed by atoms with Crippen molar-refractivity contribution in [3.63, 3.8) is 0 Å². The van der Waals surface area contributed by atoms with Crippen LogP contribution < -0.4 is 4.74 Å². The molecular weight excluding hydrogens is 495 g/mol. The lowest BCUT2D eigenvalue weighted by atomic mass is 10.1. The van der Waals surface area contributed by atoms with Crippen molar-refractivity contribution in [1.29, 1.82) is 0 Å². The molecule has 4 rings (SSSR count). The number of hydrogen-bond acceptors (Lipinski definition) is 3. The summed E-state index contributed by atoms with van der Waals surface area (Å²) in [6.07, 6.45) is 0.756. The van der Waals surface area contributed by atoms with Gasteiger partial charge >= 0.3 is 5.97 Å². The van der Waals surface area contributed by atoms with E-state index in [0.29, 0.717) is 18.6 Å². The Bertz CT molecular complexity index is 1330. The van der Waals surface area contributed by atoms with Crippen molar-refractivity contribution in [2.75, 3.05) is 6.61 Å². The molecule has 0 aromatic heterocycles. The molecule has 192 valence electrons. The summed E-state index contributed by atoms with van der Waals surface area (Å²) in [5.41, 5.74) is -0.286. The van der Waals surface area contributed by atoms with E-state index in [9.17, 15) is 9.18 Å². The van der Waals surface area contributed by atoms with Crippen molar-refractivity contribution < 1.29 is 18.7 Å². The van der Waals surface area contributed by atoms with Gasteiger partial charge in [-0.3, -0.25) is 4.79 Å².